The predicted molar refractivity (Wildman–Crippen MR) is 106 cm³/mol. The van der Waals surface area contributed by atoms with Crippen LogP contribution in [0.1, 0.15) is 42.6 Å². The molecular weight excluding hydrogens is 358 g/mol. The van der Waals surface area contributed by atoms with Crippen LogP contribution in [0.25, 0.3) is 11.4 Å². The standard InChI is InChI=1S/C22H22ClN3O/c1-26-17-11-12-19(26)20(18(13-17)14-7-9-16(23)10-8-14)22-24-21(25-27-22)15-5-3-2-4-6-15/h2-10,17-20H,11-13H2,1H3/t17?,18-,19-,20-/m0/s1. The lowest BCUT2D eigenvalue weighted by Crippen LogP contribution is -2.44. The van der Waals surface area contributed by atoms with Crippen molar-refractivity contribution in [2.45, 2.75) is 43.2 Å². The van der Waals surface area contributed by atoms with E-state index in [0.717, 1.165) is 22.9 Å². The highest BCUT2D eigenvalue weighted by Crippen LogP contribution is 2.50. The Morgan fingerprint density at radius 2 is 1.81 bits per heavy atom. The Hall–Kier alpha value is -2.17. The number of likely N-dealkylation sites (N-methyl/N-ethyl adjacent to an activating group) is 1. The Labute approximate surface area is 164 Å². The summed E-state index contributed by atoms with van der Waals surface area (Å²) in [7, 11) is 2.24. The molecule has 27 heavy (non-hydrogen) atoms. The fourth-order valence-corrected chi connectivity index (χ4v) is 5.06. The van der Waals surface area contributed by atoms with E-state index in [9.17, 15) is 0 Å². The third-order valence-corrected chi connectivity index (χ3v) is 6.58. The molecule has 2 aliphatic heterocycles. The Morgan fingerprint density at radius 1 is 1.04 bits per heavy atom. The van der Waals surface area contributed by atoms with Gasteiger partial charge < -0.3 is 4.52 Å². The molecule has 0 radical (unpaired) electrons. The molecule has 2 bridgehead atoms. The second-order valence-corrected chi connectivity index (χ2v) is 8.14. The molecule has 4 atom stereocenters. The van der Waals surface area contributed by atoms with Gasteiger partial charge >= 0.3 is 0 Å². The third kappa shape index (κ3) is 2.97. The second-order valence-electron chi connectivity index (χ2n) is 7.71. The average Bonchev–Trinajstić information content (AvgIpc) is 3.26. The zero-order valence-corrected chi connectivity index (χ0v) is 16.0. The summed E-state index contributed by atoms with van der Waals surface area (Å²) in [6, 6.07) is 19.4. The highest BCUT2D eigenvalue weighted by Gasteiger charge is 2.48. The summed E-state index contributed by atoms with van der Waals surface area (Å²) in [6.07, 6.45) is 3.53. The molecule has 0 saturated carbocycles. The first kappa shape index (κ1) is 17.0. The number of nitrogens with zero attached hydrogens (tertiary/aromatic N) is 3. The number of hydrogen-bond acceptors (Lipinski definition) is 4. The Balaban J connectivity index is 1.54. The monoisotopic (exact) mass is 379 g/mol. The van der Waals surface area contributed by atoms with E-state index < -0.39 is 0 Å². The Morgan fingerprint density at radius 3 is 2.59 bits per heavy atom. The van der Waals surface area contributed by atoms with Crippen LogP contribution in [0.15, 0.2) is 59.1 Å². The van der Waals surface area contributed by atoms with E-state index in [1.807, 2.05) is 42.5 Å². The molecule has 1 unspecified atom stereocenters. The lowest BCUT2D eigenvalue weighted by molar-refractivity contribution is 0.120. The van der Waals surface area contributed by atoms with Crippen LogP contribution in [0, 0.1) is 0 Å². The predicted octanol–water partition coefficient (Wildman–Crippen LogP) is 5.12. The lowest BCUT2D eigenvalue weighted by Gasteiger charge is -2.41. The van der Waals surface area contributed by atoms with Gasteiger partial charge in [0.05, 0.1) is 5.92 Å². The van der Waals surface area contributed by atoms with Crippen molar-refractivity contribution in [1.29, 1.82) is 0 Å². The van der Waals surface area contributed by atoms with Gasteiger partial charge in [-0.05, 0) is 49.9 Å². The number of benzene rings is 2. The van der Waals surface area contributed by atoms with Crippen molar-refractivity contribution < 1.29 is 4.52 Å². The van der Waals surface area contributed by atoms with Crippen molar-refractivity contribution in [3.63, 3.8) is 0 Å². The van der Waals surface area contributed by atoms with E-state index in [4.69, 9.17) is 21.1 Å². The Bertz CT molecular complexity index is 924. The molecule has 0 N–H and O–H groups in total. The van der Waals surface area contributed by atoms with Gasteiger partial charge in [0.25, 0.3) is 0 Å². The van der Waals surface area contributed by atoms with Crippen LogP contribution in [-0.2, 0) is 0 Å². The molecule has 4 nitrogen and oxygen atoms in total. The third-order valence-electron chi connectivity index (χ3n) is 6.33. The van der Waals surface area contributed by atoms with Crippen molar-refractivity contribution in [2.75, 3.05) is 7.05 Å². The average molecular weight is 380 g/mol. The van der Waals surface area contributed by atoms with Gasteiger partial charge in [0, 0.05) is 22.7 Å². The number of hydrogen-bond donors (Lipinski definition) is 0. The van der Waals surface area contributed by atoms with Gasteiger partial charge in [-0.2, -0.15) is 4.98 Å². The SMILES string of the molecule is CN1C2CC[C@H]1[C@@H](c1nc(-c3ccccc3)no1)[C@H](c1ccc(Cl)cc1)C2. The quantitative estimate of drug-likeness (QED) is 0.633. The molecular formula is C22H22ClN3O. The van der Waals surface area contributed by atoms with E-state index in [1.54, 1.807) is 0 Å². The molecule has 3 aromatic rings. The zero-order chi connectivity index (χ0) is 18.4. The van der Waals surface area contributed by atoms with E-state index in [0.29, 0.717) is 23.8 Å². The van der Waals surface area contributed by atoms with E-state index in [2.05, 4.69) is 29.2 Å². The molecule has 138 valence electrons. The number of halogens is 1. The first-order chi connectivity index (χ1) is 13.2. The second kappa shape index (κ2) is 6.77. The van der Waals surface area contributed by atoms with Crippen LogP contribution in [0.2, 0.25) is 5.02 Å². The summed E-state index contributed by atoms with van der Waals surface area (Å²) in [5.41, 5.74) is 2.30. The lowest BCUT2D eigenvalue weighted by atomic mass is 9.76. The van der Waals surface area contributed by atoms with Gasteiger partial charge in [-0.25, -0.2) is 0 Å². The first-order valence-electron chi connectivity index (χ1n) is 9.57. The molecule has 2 aliphatic rings. The maximum atomic E-state index is 6.12. The minimum atomic E-state index is 0.208. The van der Waals surface area contributed by atoms with Crippen molar-refractivity contribution in [3.05, 3.63) is 71.1 Å². The van der Waals surface area contributed by atoms with Crippen LogP contribution >= 0.6 is 11.6 Å². The molecule has 1 aromatic heterocycles. The number of rotatable bonds is 3. The van der Waals surface area contributed by atoms with E-state index >= 15 is 0 Å². The molecule has 5 heteroatoms. The molecule has 0 aliphatic carbocycles. The van der Waals surface area contributed by atoms with Crippen LogP contribution in [-0.4, -0.2) is 34.2 Å². The normalized spacial score (nSPS) is 27.8. The minimum Gasteiger partial charge on any atom is -0.339 e. The van der Waals surface area contributed by atoms with Gasteiger partial charge in [0.2, 0.25) is 11.7 Å². The molecule has 3 heterocycles. The molecule has 5 rings (SSSR count). The van der Waals surface area contributed by atoms with Gasteiger partial charge in [0.15, 0.2) is 0 Å². The van der Waals surface area contributed by atoms with E-state index in [1.165, 1.54) is 18.4 Å². The summed E-state index contributed by atoms with van der Waals surface area (Å²) in [6.45, 7) is 0. The zero-order valence-electron chi connectivity index (χ0n) is 15.3. The van der Waals surface area contributed by atoms with Crippen molar-refractivity contribution in [3.8, 4) is 11.4 Å². The van der Waals surface area contributed by atoms with E-state index in [-0.39, 0.29) is 5.92 Å². The molecule has 0 spiro atoms. The summed E-state index contributed by atoms with van der Waals surface area (Å²) >= 11 is 6.12. The smallest absolute Gasteiger partial charge is 0.232 e. The van der Waals surface area contributed by atoms with Gasteiger partial charge in [-0.1, -0.05) is 59.2 Å². The molecule has 2 fully saturated rings. The molecule has 2 saturated heterocycles. The van der Waals surface area contributed by atoms with Gasteiger partial charge in [-0.3, -0.25) is 4.90 Å². The Kier molecular flexibility index (Phi) is 4.25. The molecule has 0 amide bonds. The van der Waals surface area contributed by atoms with Crippen molar-refractivity contribution in [1.82, 2.24) is 15.0 Å². The van der Waals surface area contributed by atoms with Crippen molar-refractivity contribution >= 4 is 11.6 Å². The highest BCUT2D eigenvalue weighted by atomic mass is 35.5. The largest absolute Gasteiger partial charge is 0.339 e. The van der Waals surface area contributed by atoms with Gasteiger partial charge in [0.1, 0.15) is 0 Å². The number of fused-ring (bicyclic) bond motifs is 2. The summed E-state index contributed by atoms with van der Waals surface area (Å²) in [5.74, 6) is 2.01. The maximum absolute atomic E-state index is 6.12. The number of piperidine rings is 1. The van der Waals surface area contributed by atoms with Gasteiger partial charge in [-0.15, -0.1) is 0 Å². The number of aromatic nitrogens is 2. The molecule has 2 aromatic carbocycles. The highest BCUT2D eigenvalue weighted by molar-refractivity contribution is 6.30. The summed E-state index contributed by atoms with van der Waals surface area (Å²) in [4.78, 5) is 7.34. The fraction of sp³-hybridized carbons (Fsp3) is 0.364. The van der Waals surface area contributed by atoms with Crippen LogP contribution in [0.4, 0.5) is 0 Å². The fourth-order valence-electron chi connectivity index (χ4n) is 4.93. The topological polar surface area (TPSA) is 42.2 Å². The van der Waals surface area contributed by atoms with Crippen LogP contribution in [0.5, 0.6) is 0 Å². The van der Waals surface area contributed by atoms with Crippen molar-refractivity contribution in [2.24, 2.45) is 0 Å². The first-order valence-corrected chi connectivity index (χ1v) is 9.95. The summed E-state index contributed by atoms with van der Waals surface area (Å²) in [5, 5.41) is 5.06. The van der Waals surface area contributed by atoms with Crippen LogP contribution < -0.4 is 0 Å². The minimum absolute atomic E-state index is 0.208. The summed E-state index contributed by atoms with van der Waals surface area (Å²) < 4.78 is 5.82. The maximum Gasteiger partial charge on any atom is 0.232 e. The van der Waals surface area contributed by atoms with Crippen LogP contribution in [0.3, 0.4) is 0 Å².